The first-order chi connectivity index (χ1) is 11.8. The van der Waals surface area contributed by atoms with Crippen LogP contribution in [0.15, 0.2) is 53.4 Å². The molecule has 0 spiro atoms. The van der Waals surface area contributed by atoms with Crippen LogP contribution in [0.3, 0.4) is 0 Å². The molecule has 130 valence electrons. The van der Waals surface area contributed by atoms with E-state index in [1.54, 1.807) is 12.1 Å². The molecule has 0 atom stereocenters. The van der Waals surface area contributed by atoms with Gasteiger partial charge >= 0.3 is 0 Å². The fraction of sp³-hybridized carbons (Fsp3) is 0.188. The SMILES string of the molecule is O=C(Nc1ccc(NS(=O)(=O)c2ccc([N+](=O)[O-])cc2)cc1)C1CC1. The predicted octanol–water partition coefficient (Wildman–Crippen LogP) is 2.74. The van der Waals surface area contributed by atoms with Crippen molar-refractivity contribution >= 4 is 33.0 Å². The third kappa shape index (κ3) is 4.13. The molecule has 0 bridgehead atoms. The Hall–Kier alpha value is -2.94. The van der Waals surface area contributed by atoms with Gasteiger partial charge in [-0.1, -0.05) is 0 Å². The van der Waals surface area contributed by atoms with Crippen molar-refractivity contribution in [3.63, 3.8) is 0 Å². The van der Waals surface area contributed by atoms with Gasteiger partial charge in [0.2, 0.25) is 5.91 Å². The summed E-state index contributed by atoms with van der Waals surface area (Å²) in [7, 11) is -3.86. The molecule has 1 aliphatic rings. The van der Waals surface area contributed by atoms with Crippen molar-refractivity contribution in [2.75, 3.05) is 10.0 Å². The highest BCUT2D eigenvalue weighted by atomic mass is 32.2. The topological polar surface area (TPSA) is 118 Å². The number of anilines is 2. The average molecular weight is 361 g/mol. The van der Waals surface area contributed by atoms with Gasteiger partial charge in [-0.2, -0.15) is 0 Å². The lowest BCUT2D eigenvalue weighted by molar-refractivity contribution is -0.384. The van der Waals surface area contributed by atoms with Crippen molar-refractivity contribution in [3.8, 4) is 0 Å². The van der Waals surface area contributed by atoms with Gasteiger partial charge < -0.3 is 5.32 Å². The highest BCUT2D eigenvalue weighted by Crippen LogP contribution is 2.30. The van der Waals surface area contributed by atoms with Crippen LogP contribution in [0.25, 0.3) is 0 Å². The Morgan fingerprint density at radius 2 is 1.56 bits per heavy atom. The summed E-state index contributed by atoms with van der Waals surface area (Å²) in [6.45, 7) is 0. The lowest BCUT2D eigenvalue weighted by atomic mass is 10.2. The van der Waals surface area contributed by atoms with Crippen molar-refractivity contribution in [1.29, 1.82) is 0 Å². The lowest BCUT2D eigenvalue weighted by Gasteiger charge is -2.09. The molecule has 1 aliphatic carbocycles. The largest absolute Gasteiger partial charge is 0.326 e. The summed E-state index contributed by atoms with van der Waals surface area (Å²) in [6.07, 6.45) is 1.80. The summed E-state index contributed by atoms with van der Waals surface area (Å²) in [6, 6.07) is 10.9. The number of nitro groups is 1. The standard InChI is InChI=1S/C16H15N3O5S/c20-16(11-1-2-11)17-12-3-5-13(6-4-12)18-25(23,24)15-9-7-14(8-10-15)19(21)22/h3-11,18H,1-2H2,(H,17,20). The van der Waals surface area contributed by atoms with Crippen LogP contribution >= 0.6 is 0 Å². The van der Waals surface area contributed by atoms with E-state index in [1.165, 1.54) is 24.3 Å². The fourth-order valence-corrected chi connectivity index (χ4v) is 3.23. The van der Waals surface area contributed by atoms with E-state index in [0.717, 1.165) is 25.0 Å². The Balaban J connectivity index is 1.69. The van der Waals surface area contributed by atoms with Gasteiger partial charge in [-0.25, -0.2) is 8.42 Å². The van der Waals surface area contributed by atoms with Gasteiger partial charge in [0.05, 0.1) is 9.82 Å². The van der Waals surface area contributed by atoms with E-state index in [4.69, 9.17) is 0 Å². The highest BCUT2D eigenvalue weighted by Gasteiger charge is 2.29. The van der Waals surface area contributed by atoms with E-state index in [9.17, 15) is 23.3 Å². The molecule has 0 heterocycles. The molecule has 3 rings (SSSR count). The molecule has 0 saturated heterocycles. The highest BCUT2D eigenvalue weighted by molar-refractivity contribution is 7.92. The first-order valence-corrected chi connectivity index (χ1v) is 9.02. The second-order valence-electron chi connectivity index (χ2n) is 5.70. The molecule has 8 nitrogen and oxygen atoms in total. The molecule has 0 aromatic heterocycles. The van der Waals surface area contributed by atoms with Crippen LogP contribution < -0.4 is 10.0 Å². The maximum absolute atomic E-state index is 12.3. The summed E-state index contributed by atoms with van der Waals surface area (Å²) in [5, 5.41) is 13.4. The number of sulfonamides is 1. The van der Waals surface area contributed by atoms with Gasteiger partial charge in [-0.3, -0.25) is 19.6 Å². The monoisotopic (exact) mass is 361 g/mol. The number of carbonyl (C=O) groups excluding carboxylic acids is 1. The van der Waals surface area contributed by atoms with Crippen molar-refractivity contribution in [2.45, 2.75) is 17.7 Å². The zero-order valence-corrected chi connectivity index (χ0v) is 13.8. The molecule has 25 heavy (non-hydrogen) atoms. The van der Waals surface area contributed by atoms with E-state index >= 15 is 0 Å². The smallest absolute Gasteiger partial charge is 0.269 e. The quantitative estimate of drug-likeness (QED) is 0.606. The van der Waals surface area contributed by atoms with Gasteiger partial charge in [-0.15, -0.1) is 0 Å². The Morgan fingerprint density at radius 1 is 1.00 bits per heavy atom. The molecule has 0 radical (unpaired) electrons. The maximum Gasteiger partial charge on any atom is 0.269 e. The third-order valence-electron chi connectivity index (χ3n) is 3.71. The second-order valence-corrected chi connectivity index (χ2v) is 7.38. The van der Waals surface area contributed by atoms with Crippen LogP contribution in [0.5, 0.6) is 0 Å². The van der Waals surface area contributed by atoms with Gasteiger partial charge in [-0.05, 0) is 49.2 Å². The zero-order chi connectivity index (χ0) is 18.0. The van der Waals surface area contributed by atoms with Crippen LogP contribution in [-0.2, 0) is 14.8 Å². The molecule has 2 aromatic rings. The minimum absolute atomic E-state index is 0.0285. The average Bonchev–Trinajstić information content (AvgIpc) is 3.41. The Bertz CT molecular complexity index is 904. The number of hydrogen-bond donors (Lipinski definition) is 2. The number of rotatable bonds is 6. The molecule has 1 fully saturated rings. The zero-order valence-electron chi connectivity index (χ0n) is 13.0. The Labute approximate surface area is 144 Å². The Kier molecular flexibility index (Phi) is 4.41. The molecule has 0 unspecified atom stereocenters. The van der Waals surface area contributed by atoms with Crippen molar-refractivity contribution in [2.24, 2.45) is 5.92 Å². The number of hydrogen-bond acceptors (Lipinski definition) is 5. The molecular weight excluding hydrogens is 346 g/mol. The summed E-state index contributed by atoms with van der Waals surface area (Å²) in [4.78, 5) is 21.6. The summed E-state index contributed by atoms with van der Waals surface area (Å²) in [5.74, 6) is 0.0551. The molecule has 1 amide bonds. The minimum atomic E-state index is -3.86. The minimum Gasteiger partial charge on any atom is -0.326 e. The van der Waals surface area contributed by atoms with Crippen LogP contribution in [0.2, 0.25) is 0 Å². The molecule has 1 saturated carbocycles. The molecular formula is C16H15N3O5S. The van der Waals surface area contributed by atoms with Gasteiger partial charge in [0.25, 0.3) is 15.7 Å². The normalized spacial score (nSPS) is 13.9. The predicted molar refractivity (Wildman–Crippen MR) is 91.7 cm³/mol. The van der Waals surface area contributed by atoms with Crippen LogP contribution in [0.1, 0.15) is 12.8 Å². The number of carbonyl (C=O) groups is 1. The van der Waals surface area contributed by atoms with E-state index in [2.05, 4.69) is 10.0 Å². The number of nitrogens with one attached hydrogen (secondary N) is 2. The first-order valence-electron chi connectivity index (χ1n) is 7.53. The number of non-ortho nitro benzene ring substituents is 1. The number of nitro benzene ring substituents is 1. The van der Waals surface area contributed by atoms with E-state index in [0.29, 0.717) is 11.4 Å². The molecule has 2 N–H and O–H groups in total. The van der Waals surface area contributed by atoms with Crippen molar-refractivity contribution < 1.29 is 18.1 Å². The maximum atomic E-state index is 12.3. The number of amides is 1. The summed E-state index contributed by atoms with van der Waals surface area (Å²) in [5.41, 5.74) is 0.729. The molecule has 9 heteroatoms. The summed E-state index contributed by atoms with van der Waals surface area (Å²) >= 11 is 0. The molecule has 2 aromatic carbocycles. The van der Waals surface area contributed by atoms with E-state index in [-0.39, 0.29) is 22.4 Å². The van der Waals surface area contributed by atoms with Gasteiger partial charge in [0, 0.05) is 29.4 Å². The van der Waals surface area contributed by atoms with Gasteiger partial charge in [0.15, 0.2) is 0 Å². The molecule has 0 aliphatic heterocycles. The number of nitrogens with zero attached hydrogens (tertiary/aromatic N) is 1. The van der Waals surface area contributed by atoms with Crippen LogP contribution in [0, 0.1) is 16.0 Å². The van der Waals surface area contributed by atoms with Crippen LogP contribution in [-0.4, -0.2) is 19.2 Å². The lowest BCUT2D eigenvalue weighted by Crippen LogP contribution is -2.14. The van der Waals surface area contributed by atoms with Crippen molar-refractivity contribution in [3.05, 3.63) is 58.6 Å². The third-order valence-corrected chi connectivity index (χ3v) is 5.11. The van der Waals surface area contributed by atoms with Gasteiger partial charge in [0.1, 0.15) is 0 Å². The Morgan fingerprint density at radius 3 is 2.08 bits per heavy atom. The second kappa shape index (κ2) is 6.52. The first kappa shape index (κ1) is 16.9. The van der Waals surface area contributed by atoms with Crippen LogP contribution in [0.4, 0.5) is 17.1 Å². The summed E-state index contributed by atoms with van der Waals surface area (Å²) < 4.78 is 27.0. The van der Waals surface area contributed by atoms with E-state index in [1.807, 2.05) is 0 Å². The van der Waals surface area contributed by atoms with E-state index < -0.39 is 14.9 Å². The van der Waals surface area contributed by atoms with Crippen molar-refractivity contribution in [1.82, 2.24) is 0 Å². The number of benzene rings is 2. The fourth-order valence-electron chi connectivity index (χ4n) is 2.17.